The number of rotatable bonds is 0. The van der Waals surface area contributed by atoms with Crippen molar-refractivity contribution < 1.29 is 0 Å². The number of para-hydroxylation sites is 1. The molecule has 1 aromatic carbocycles. The molecule has 0 spiro atoms. The Labute approximate surface area is 76.4 Å². The molecule has 3 nitrogen and oxygen atoms in total. The van der Waals surface area contributed by atoms with Gasteiger partial charge in [0.2, 0.25) is 0 Å². The molecule has 0 aliphatic carbocycles. The van der Waals surface area contributed by atoms with Crippen LogP contribution in [0.25, 0.3) is 11.0 Å². The Bertz CT molecular complexity index is 444. The second kappa shape index (κ2) is 2.57. The molecular weight excluding hydrogens is 162 g/mol. The third kappa shape index (κ3) is 0.971. The SMILES string of the molecule is c1cc2c3c(c1)ncn3CCNC2. The summed E-state index contributed by atoms with van der Waals surface area (Å²) in [6, 6.07) is 6.31. The summed E-state index contributed by atoms with van der Waals surface area (Å²) in [5.74, 6) is 0. The van der Waals surface area contributed by atoms with E-state index in [1.165, 1.54) is 11.1 Å². The monoisotopic (exact) mass is 173 g/mol. The molecule has 3 heteroatoms. The maximum Gasteiger partial charge on any atom is 0.0958 e. The average molecular weight is 173 g/mol. The molecule has 0 fully saturated rings. The van der Waals surface area contributed by atoms with Crippen molar-refractivity contribution in [2.24, 2.45) is 0 Å². The first-order chi connectivity index (χ1) is 6.45. The summed E-state index contributed by atoms with van der Waals surface area (Å²) in [6.07, 6.45) is 1.93. The quantitative estimate of drug-likeness (QED) is 0.647. The number of nitrogens with zero attached hydrogens (tertiary/aromatic N) is 2. The Balaban J connectivity index is 2.40. The molecule has 0 atom stereocenters. The Morgan fingerprint density at radius 1 is 1.38 bits per heavy atom. The standard InChI is InChI=1S/C10H11N3/c1-2-8-6-11-4-5-13-7-12-9(3-1)10(8)13/h1-3,7,11H,4-6H2. The molecular formula is C10H11N3. The molecule has 3 rings (SSSR count). The van der Waals surface area contributed by atoms with Crippen molar-refractivity contribution in [1.82, 2.24) is 14.9 Å². The molecule has 2 heterocycles. The summed E-state index contributed by atoms with van der Waals surface area (Å²) in [5, 5.41) is 3.39. The molecule has 0 radical (unpaired) electrons. The minimum absolute atomic E-state index is 0.961. The van der Waals surface area contributed by atoms with Gasteiger partial charge in [-0.25, -0.2) is 4.98 Å². The summed E-state index contributed by atoms with van der Waals surface area (Å²) in [7, 11) is 0. The van der Waals surface area contributed by atoms with E-state index >= 15 is 0 Å². The minimum Gasteiger partial charge on any atom is -0.329 e. The number of hydrogen-bond acceptors (Lipinski definition) is 2. The predicted molar refractivity (Wildman–Crippen MR) is 51.4 cm³/mol. The van der Waals surface area contributed by atoms with E-state index in [4.69, 9.17) is 0 Å². The van der Waals surface area contributed by atoms with Crippen LogP contribution in [0.3, 0.4) is 0 Å². The molecule has 13 heavy (non-hydrogen) atoms. The molecule has 1 N–H and O–H groups in total. The lowest BCUT2D eigenvalue weighted by Gasteiger charge is -2.00. The molecule has 1 aliphatic heterocycles. The Kier molecular flexibility index (Phi) is 1.40. The van der Waals surface area contributed by atoms with E-state index in [1.54, 1.807) is 0 Å². The lowest BCUT2D eigenvalue weighted by Crippen LogP contribution is -2.15. The van der Waals surface area contributed by atoms with Gasteiger partial charge in [-0.15, -0.1) is 0 Å². The summed E-state index contributed by atoms with van der Waals surface area (Å²) < 4.78 is 2.23. The van der Waals surface area contributed by atoms with E-state index in [-0.39, 0.29) is 0 Å². The number of imidazole rings is 1. The van der Waals surface area contributed by atoms with Crippen LogP contribution in [0.2, 0.25) is 0 Å². The highest BCUT2D eigenvalue weighted by Gasteiger charge is 2.09. The zero-order valence-electron chi connectivity index (χ0n) is 7.33. The van der Waals surface area contributed by atoms with Gasteiger partial charge < -0.3 is 9.88 Å². The van der Waals surface area contributed by atoms with Crippen LogP contribution in [-0.2, 0) is 13.1 Å². The second-order valence-electron chi connectivity index (χ2n) is 3.40. The minimum atomic E-state index is 0.961. The van der Waals surface area contributed by atoms with Gasteiger partial charge in [-0.1, -0.05) is 12.1 Å². The van der Waals surface area contributed by atoms with Crippen molar-refractivity contribution in [3.63, 3.8) is 0 Å². The Morgan fingerprint density at radius 2 is 2.38 bits per heavy atom. The van der Waals surface area contributed by atoms with Crippen LogP contribution >= 0.6 is 0 Å². The van der Waals surface area contributed by atoms with Gasteiger partial charge in [0, 0.05) is 19.6 Å². The first kappa shape index (κ1) is 7.09. The lowest BCUT2D eigenvalue weighted by atomic mass is 10.2. The third-order valence-corrected chi connectivity index (χ3v) is 2.57. The van der Waals surface area contributed by atoms with Gasteiger partial charge in [0.25, 0.3) is 0 Å². The summed E-state index contributed by atoms with van der Waals surface area (Å²) >= 11 is 0. The van der Waals surface area contributed by atoms with Crippen molar-refractivity contribution in [2.45, 2.75) is 13.1 Å². The molecule has 0 bridgehead atoms. The largest absolute Gasteiger partial charge is 0.329 e. The first-order valence-corrected chi connectivity index (χ1v) is 4.58. The van der Waals surface area contributed by atoms with Crippen LogP contribution in [0.15, 0.2) is 24.5 Å². The van der Waals surface area contributed by atoms with E-state index in [1.807, 2.05) is 6.33 Å². The van der Waals surface area contributed by atoms with Gasteiger partial charge in [0.15, 0.2) is 0 Å². The van der Waals surface area contributed by atoms with Crippen molar-refractivity contribution in [2.75, 3.05) is 6.54 Å². The van der Waals surface area contributed by atoms with Gasteiger partial charge in [-0.2, -0.15) is 0 Å². The lowest BCUT2D eigenvalue weighted by molar-refractivity contribution is 0.629. The van der Waals surface area contributed by atoms with E-state index < -0.39 is 0 Å². The van der Waals surface area contributed by atoms with Gasteiger partial charge in [0.1, 0.15) is 0 Å². The van der Waals surface area contributed by atoms with Crippen molar-refractivity contribution in [3.05, 3.63) is 30.1 Å². The zero-order chi connectivity index (χ0) is 8.67. The number of benzene rings is 1. The smallest absolute Gasteiger partial charge is 0.0958 e. The van der Waals surface area contributed by atoms with Gasteiger partial charge in [-0.05, 0) is 11.6 Å². The van der Waals surface area contributed by atoms with Gasteiger partial charge in [-0.3, -0.25) is 0 Å². The molecule has 66 valence electrons. The number of aromatic nitrogens is 2. The summed E-state index contributed by atoms with van der Waals surface area (Å²) in [5.41, 5.74) is 3.77. The molecule has 0 saturated carbocycles. The van der Waals surface area contributed by atoms with E-state index in [9.17, 15) is 0 Å². The molecule has 0 saturated heterocycles. The van der Waals surface area contributed by atoms with E-state index in [2.05, 4.69) is 33.1 Å². The first-order valence-electron chi connectivity index (χ1n) is 4.58. The third-order valence-electron chi connectivity index (χ3n) is 2.57. The highest BCUT2D eigenvalue weighted by Crippen LogP contribution is 2.19. The highest BCUT2D eigenvalue weighted by atomic mass is 15.1. The van der Waals surface area contributed by atoms with Crippen molar-refractivity contribution >= 4 is 11.0 Å². The van der Waals surface area contributed by atoms with Crippen LogP contribution in [0.1, 0.15) is 5.56 Å². The highest BCUT2D eigenvalue weighted by molar-refractivity contribution is 5.79. The van der Waals surface area contributed by atoms with Gasteiger partial charge >= 0.3 is 0 Å². The van der Waals surface area contributed by atoms with Crippen LogP contribution in [0.5, 0.6) is 0 Å². The fourth-order valence-electron chi connectivity index (χ4n) is 1.94. The van der Waals surface area contributed by atoms with Crippen LogP contribution < -0.4 is 5.32 Å². The average Bonchev–Trinajstić information content (AvgIpc) is 2.44. The van der Waals surface area contributed by atoms with Crippen molar-refractivity contribution in [3.8, 4) is 0 Å². The fraction of sp³-hybridized carbons (Fsp3) is 0.300. The maximum absolute atomic E-state index is 4.37. The van der Waals surface area contributed by atoms with Crippen LogP contribution in [0, 0.1) is 0 Å². The van der Waals surface area contributed by atoms with Gasteiger partial charge in [0.05, 0.1) is 17.4 Å². The van der Waals surface area contributed by atoms with Crippen LogP contribution in [-0.4, -0.2) is 16.1 Å². The Hall–Kier alpha value is -1.35. The normalized spacial score (nSPS) is 16.0. The summed E-state index contributed by atoms with van der Waals surface area (Å²) in [4.78, 5) is 4.37. The molecule has 1 aliphatic rings. The molecule has 2 aromatic rings. The summed E-state index contributed by atoms with van der Waals surface area (Å²) in [6.45, 7) is 3.01. The topological polar surface area (TPSA) is 29.9 Å². The zero-order valence-corrected chi connectivity index (χ0v) is 7.33. The Morgan fingerprint density at radius 3 is 3.38 bits per heavy atom. The molecule has 0 unspecified atom stereocenters. The van der Waals surface area contributed by atoms with E-state index in [0.29, 0.717) is 0 Å². The van der Waals surface area contributed by atoms with Crippen LogP contribution in [0.4, 0.5) is 0 Å². The number of hydrogen-bond donors (Lipinski definition) is 1. The fourth-order valence-corrected chi connectivity index (χ4v) is 1.94. The van der Waals surface area contributed by atoms with E-state index in [0.717, 1.165) is 25.2 Å². The number of nitrogens with one attached hydrogen (secondary N) is 1. The predicted octanol–water partition coefficient (Wildman–Crippen LogP) is 1.14. The maximum atomic E-state index is 4.37. The molecule has 0 amide bonds. The van der Waals surface area contributed by atoms with Crippen molar-refractivity contribution in [1.29, 1.82) is 0 Å². The molecule has 1 aromatic heterocycles. The second-order valence-corrected chi connectivity index (χ2v) is 3.40.